The van der Waals surface area contributed by atoms with Crippen LogP contribution in [-0.4, -0.2) is 20.5 Å². The average Bonchev–Trinajstić information content (AvgIpc) is 3.13. The molecule has 1 N–H and O–H groups in total. The first-order chi connectivity index (χ1) is 14.6. The van der Waals surface area contributed by atoms with E-state index in [4.69, 9.17) is 10.1 Å². The van der Waals surface area contributed by atoms with Gasteiger partial charge < -0.3 is 5.32 Å². The number of anilines is 1. The molecule has 0 radical (unpaired) electrons. The van der Waals surface area contributed by atoms with Crippen LogP contribution in [0.1, 0.15) is 42.0 Å². The zero-order chi connectivity index (χ0) is 20.7. The molecule has 5 rings (SSSR count). The molecule has 5 nitrogen and oxygen atoms in total. The molecular formula is C23H21BrN4OS. The molecule has 1 atom stereocenters. The minimum absolute atomic E-state index is 0.198. The van der Waals surface area contributed by atoms with Gasteiger partial charge in [0.1, 0.15) is 6.04 Å². The van der Waals surface area contributed by atoms with Crippen LogP contribution in [0.3, 0.4) is 0 Å². The van der Waals surface area contributed by atoms with Crippen LogP contribution < -0.4 is 5.32 Å². The van der Waals surface area contributed by atoms with Crippen molar-refractivity contribution < 1.29 is 4.79 Å². The Labute approximate surface area is 188 Å². The smallest absolute Gasteiger partial charge is 0.227 e. The van der Waals surface area contributed by atoms with Crippen LogP contribution >= 0.6 is 27.7 Å². The molecule has 1 aromatic heterocycles. The van der Waals surface area contributed by atoms with Crippen molar-refractivity contribution in [3.63, 3.8) is 0 Å². The van der Waals surface area contributed by atoms with Gasteiger partial charge in [-0.15, -0.1) is 5.10 Å². The van der Waals surface area contributed by atoms with Gasteiger partial charge >= 0.3 is 0 Å². The number of thioether (sulfide) groups is 1. The summed E-state index contributed by atoms with van der Waals surface area (Å²) in [6.07, 6.45) is 2.33. The summed E-state index contributed by atoms with van der Waals surface area (Å²) in [6, 6.07) is 16.3. The first-order valence-electron chi connectivity index (χ1n) is 10.0. The summed E-state index contributed by atoms with van der Waals surface area (Å²) in [6.45, 7) is 2.10. The molecule has 0 fully saturated rings. The summed E-state index contributed by atoms with van der Waals surface area (Å²) < 4.78 is 2.86. The standard InChI is InChI=1S/C23H21BrN4OS/c1-14-5-2-6-15(11-14)13-30-23-26-22-25-18-9-4-10-19(29)20(18)21(28(22)27-23)16-7-3-8-17(24)12-16/h2-3,5-8,11-12,21H,4,9-10,13H2,1H3,(H,25,26,27)/t21-/m0/s1. The number of hydrogen-bond donors (Lipinski definition) is 1. The predicted molar refractivity (Wildman–Crippen MR) is 123 cm³/mol. The van der Waals surface area contributed by atoms with E-state index in [1.54, 1.807) is 11.8 Å². The lowest BCUT2D eigenvalue weighted by Crippen LogP contribution is -2.31. The van der Waals surface area contributed by atoms with Gasteiger partial charge in [-0.05, 0) is 43.0 Å². The number of rotatable bonds is 4. The largest absolute Gasteiger partial charge is 0.328 e. The number of fused-ring (bicyclic) bond motifs is 1. The summed E-state index contributed by atoms with van der Waals surface area (Å²) in [5, 5.41) is 8.91. The first-order valence-corrected chi connectivity index (χ1v) is 11.8. The van der Waals surface area contributed by atoms with Crippen LogP contribution in [0.4, 0.5) is 5.95 Å². The highest BCUT2D eigenvalue weighted by Gasteiger charge is 2.36. The number of Topliss-reactive ketones (excluding diaryl/α,β-unsaturated/α-hetero) is 1. The highest BCUT2D eigenvalue weighted by atomic mass is 79.9. The number of benzene rings is 2. The van der Waals surface area contributed by atoms with Gasteiger partial charge in [0.2, 0.25) is 11.1 Å². The van der Waals surface area contributed by atoms with E-state index in [1.165, 1.54) is 11.1 Å². The van der Waals surface area contributed by atoms with Crippen LogP contribution in [0.25, 0.3) is 0 Å². The summed E-state index contributed by atoms with van der Waals surface area (Å²) in [5.41, 5.74) is 5.35. The molecule has 1 aliphatic heterocycles. The number of carbonyl (C=O) groups is 1. The first kappa shape index (κ1) is 19.6. The van der Waals surface area contributed by atoms with Gasteiger partial charge in [0.05, 0.1) is 0 Å². The fraction of sp³-hybridized carbons (Fsp3) is 0.261. The fourth-order valence-electron chi connectivity index (χ4n) is 4.13. The molecule has 2 heterocycles. The van der Waals surface area contributed by atoms with E-state index in [-0.39, 0.29) is 11.8 Å². The lowest BCUT2D eigenvalue weighted by molar-refractivity contribution is -0.116. The third-order valence-electron chi connectivity index (χ3n) is 5.46. The van der Waals surface area contributed by atoms with Gasteiger partial charge in [-0.3, -0.25) is 4.79 Å². The molecule has 0 saturated carbocycles. The molecule has 2 aliphatic rings. The van der Waals surface area contributed by atoms with Gasteiger partial charge in [-0.1, -0.05) is 69.7 Å². The van der Waals surface area contributed by atoms with E-state index in [9.17, 15) is 4.79 Å². The zero-order valence-electron chi connectivity index (χ0n) is 16.6. The number of hydrogen-bond acceptors (Lipinski definition) is 5. The lowest BCUT2D eigenvalue weighted by Gasteiger charge is -2.32. The monoisotopic (exact) mass is 480 g/mol. The molecule has 0 bridgehead atoms. The zero-order valence-corrected chi connectivity index (χ0v) is 19.0. The molecule has 0 unspecified atom stereocenters. The molecular weight excluding hydrogens is 460 g/mol. The Kier molecular flexibility index (Phi) is 5.25. The number of halogens is 1. The highest BCUT2D eigenvalue weighted by Crippen LogP contribution is 2.41. The maximum absolute atomic E-state index is 12.9. The number of carbonyl (C=O) groups excluding carboxylic acids is 1. The van der Waals surface area contributed by atoms with Crippen molar-refractivity contribution in [3.8, 4) is 0 Å². The van der Waals surface area contributed by atoms with Crippen LogP contribution in [0, 0.1) is 6.92 Å². The minimum Gasteiger partial charge on any atom is -0.328 e. The number of aryl methyl sites for hydroxylation is 1. The molecule has 0 spiro atoms. The van der Waals surface area contributed by atoms with Crippen molar-refractivity contribution in [1.29, 1.82) is 0 Å². The predicted octanol–water partition coefficient (Wildman–Crippen LogP) is 5.66. The maximum Gasteiger partial charge on any atom is 0.227 e. The van der Waals surface area contributed by atoms with Gasteiger partial charge in [-0.2, -0.15) is 4.98 Å². The Balaban J connectivity index is 1.51. The maximum atomic E-state index is 12.9. The van der Waals surface area contributed by atoms with Crippen molar-refractivity contribution in [1.82, 2.24) is 14.8 Å². The van der Waals surface area contributed by atoms with E-state index in [0.29, 0.717) is 17.5 Å². The van der Waals surface area contributed by atoms with Gasteiger partial charge in [0.25, 0.3) is 0 Å². The number of ketones is 1. The molecule has 3 aromatic rings. The van der Waals surface area contributed by atoms with Crippen molar-refractivity contribution in [2.75, 3.05) is 5.32 Å². The van der Waals surface area contributed by atoms with Crippen molar-refractivity contribution in [2.24, 2.45) is 0 Å². The Morgan fingerprint density at radius 3 is 2.90 bits per heavy atom. The van der Waals surface area contributed by atoms with Crippen LogP contribution in [-0.2, 0) is 10.5 Å². The van der Waals surface area contributed by atoms with E-state index in [0.717, 1.165) is 39.9 Å². The Bertz CT molecular complexity index is 1170. The highest BCUT2D eigenvalue weighted by molar-refractivity contribution is 9.10. The molecule has 0 amide bonds. The molecule has 7 heteroatoms. The van der Waals surface area contributed by atoms with E-state index in [1.807, 2.05) is 16.8 Å². The number of aromatic nitrogens is 3. The topological polar surface area (TPSA) is 59.8 Å². The molecule has 152 valence electrons. The van der Waals surface area contributed by atoms with Crippen molar-refractivity contribution >= 4 is 39.4 Å². The Morgan fingerprint density at radius 2 is 2.07 bits per heavy atom. The average molecular weight is 481 g/mol. The number of nitrogens with zero attached hydrogens (tertiary/aromatic N) is 3. The quantitative estimate of drug-likeness (QED) is 0.487. The third-order valence-corrected chi connectivity index (χ3v) is 6.87. The van der Waals surface area contributed by atoms with Crippen LogP contribution in [0.15, 0.2) is 69.4 Å². The molecule has 2 aromatic carbocycles. The second-order valence-electron chi connectivity index (χ2n) is 7.69. The minimum atomic E-state index is -0.248. The molecule has 1 aliphatic carbocycles. The Morgan fingerprint density at radius 1 is 1.20 bits per heavy atom. The summed E-state index contributed by atoms with van der Waals surface area (Å²) in [4.78, 5) is 17.6. The normalized spacial score (nSPS) is 18.1. The molecule has 0 saturated heterocycles. The van der Waals surface area contributed by atoms with E-state index in [2.05, 4.69) is 64.6 Å². The SMILES string of the molecule is Cc1cccc(CSc2nc3n(n2)[C@@H](c2cccc(Br)c2)C2=C(CCCC2=O)N3)c1. The summed E-state index contributed by atoms with van der Waals surface area (Å²) in [7, 11) is 0. The van der Waals surface area contributed by atoms with E-state index >= 15 is 0 Å². The fourth-order valence-corrected chi connectivity index (χ4v) is 5.32. The van der Waals surface area contributed by atoms with E-state index < -0.39 is 0 Å². The van der Waals surface area contributed by atoms with Crippen LogP contribution in [0.2, 0.25) is 0 Å². The summed E-state index contributed by atoms with van der Waals surface area (Å²) in [5.74, 6) is 1.71. The van der Waals surface area contributed by atoms with Gasteiger partial charge in [0, 0.05) is 27.9 Å². The van der Waals surface area contributed by atoms with Crippen LogP contribution in [0.5, 0.6) is 0 Å². The van der Waals surface area contributed by atoms with Crippen molar-refractivity contribution in [3.05, 3.63) is 81.0 Å². The van der Waals surface area contributed by atoms with Gasteiger partial charge in [0.15, 0.2) is 5.78 Å². The number of nitrogens with one attached hydrogen (secondary N) is 1. The van der Waals surface area contributed by atoms with Crippen molar-refractivity contribution in [2.45, 2.75) is 43.1 Å². The second kappa shape index (κ2) is 8.04. The van der Waals surface area contributed by atoms with Gasteiger partial charge in [-0.25, -0.2) is 4.68 Å². The lowest BCUT2D eigenvalue weighted by atomic mass is 9.85. The molecule has 30 heavy (non-hydrogen) atoms. The second-order valence-corrected chi connectivity index (χ2v) is 9.55. The third kappa shape index (κ3) is 3.72. The summed E-state index contributed by atoms with van der Waals surface area (Å²) >= 11 is 5.18. The Hall–Kier alpha value is -2.38. The number of allylic oxidation sites excluding steroid dienone is 2.